The van der Waals surface area contributed by atoms with Crippen molar-refractivity contribution in [3.05, 3.63) is 71.8 Å². The average molecular weight is 387 g/mol. The zero-order valence-electron chi connectivity index (χ0n) is 15.1. The second-order valence-corrected chi connectivity index (χ2v) is 7.58. The molecule has 0 saturated carbocycles. The fraction of sp³-hybridized carbons (Fsp3) is 0.158. The molecule has 0 unspecified atom stereocenters. The molecular formula is C19H21N3O4S. The van der Waals surface area contributed by atoms with Crippen LogP contribution in [0.1, 0.15) is 21.5 Å². The summed E-state index contributed by atoms with van der Waals surface area (Å²) in [5, 5.41) is 5.09. The third kappa shape index (κ3) is 5.42. The highest BCUT2D eigenvalue weighted by Gasteiger charge is 2.20. The predicted octanol–water partition coefficient (Wildman–Crippen LogP) is 2.73. The topological polar surface area (TPSA) is 104 Å². The molecule has 2 aromatic rings. The van der Waals surface area contributed by atoms with Crippen LogP contribution >= 0.6 is 0 Å². The molecule has 2 rings (SSSR count). The van der Waals surface area contributed by atoms with Crippen molar-refractivity contribution in [2.24, 2.45) is 0 Å². The molecule has 8 heteroatoms. The minimum Gasteiger partial charge on any atom is -0.334 e. The highest BCUT2D eigenvalue weighted by atomic mass is 32.2. The highest BCUT2D eigenvalue weighted by molar-refractivity contribution is 7.90. The summed E-state index contributed by atoms with van der Waals surface area (Å²) in [7, 11) is -4.04. The van der Waals surface area contributed by atoms with E-state index in [0.29, 0.717) is 23.4 Å². The smallest absolute Gasteiger partial charge is 0.319 e. The van der Waals surface area contributed by atoms with Gasteiger partial charge in [-0.25, -0.2) is 17.9 Å². The molecule has 0 aromatic heterocycles. The first-order valence-electron chi connectivity index (χ1n) is 8.13. The lowest BCUT2D eigenvalue weighted by atomic mass is 10.1. The molecule has 27 heavy (non-hydrogen) atoms. The molecule has 3 amide bonds. The Labute approximate surface area is 158 Å². The minimum absolute atomic E-state index is 0.0855. The summed E-state index contributed by atoms with van der Waals surface area (Å²) in [4.78, 5) is 23.8. The van der Waals surface area contributed by atoms with Crippen LogP contribution < -0.4 is 15.4 Å². The van der Waals surface area contributed by atoms with Gasteiger partial charge < -0.3 is 10.6 Å². The maximum Gasteiger partial charge on any atom is 0.319 e. The van der Waals surface area contributed by atoms with Gasteiger partial charge in [-0.1, -0.05) is 23.8 Å². The molecule has 0 bridgehead atoms. The van der Waals surface area contributed by atoms with Crippen LogP contribution in [0, 0.1) is 13.8 Å². The molecular weight excluding hydrogens is 366 g/mol. The molecule has 7 nitrogen and oxygen atoms in total. The van der Waals surface area contributed by atoms with E-state index in [1.165, 1.54) is 30.3 Å². The number of hydrogen-bond donors (Lipinski definition) is 3. The lowest BCUT2D eigenvalue weighted by Gasteiger charge is -2.10. The van der Waals surface area contributed by atoms with Gasteiger partial charge in [-0.3, -0.25) is 4.79 Å². The number of anilines is 1. The van der Waals surface area contributed by atoms with Gasteiger partial charge in [-0.2, -0.15) is 0 Å². The number of carbonyl (C=O) groups excluding carboxylic acids is 2. The van der Waals surface area contributed by atoms with Gasteiger partial charge in [0, 0.05) is 17.8 Å². The first-order valence-corrected chi connectivity index (χ1v) is 9.61. The van der Waals surface area contributed by atoms with E-state index in [0.717, 1.165) is 5.56 Å². The van der Waals surface area contributed by atoms with Gasteiger partial charge in [-0.15, -0.1) is 6.58 Å². The van der Waals surface area contributed by atoms with E-state index in [9.17, 15) is 18.0 Å². The van der Waals surface area contributed by atoms with E-state index in [4.69, 9.17) is 0 Å². The summed E-state index contributed by atoms with van der Waals surface area (Å²) >= 11 is 0. The fourth-order valence-electron chi connectivity index (χ4n) is 2.36. The Morgan fingerprint density at radius 1 is 1.07 bits per heavy atom. The van der Waals surface area contributed by atoms with Crippen LogP contribution in [0.3, 0.4) is 0 Å². The van der Waals surface area contributed by atoms with E-state index in [1.54, 1.807) is 25.1 Å². The zero-order chi connectivity index (χ0) is 20.0. The van der Waals surface area contributed by atoms with Gasteiger partial charge in [0.05, 0.1) is 4.90 Å². The summed E-state index contributed by atoms with van der Waals surface area (Å²) in [5.74, 6) is -0.696. The molecule has 0 heterocycles. The maximum absolute atomic E-state index is 12.4. The molecule has 0 aliphatic heterocycles. The lowest BCUT2D eigenvalue weighted by molar-refractivity contribution is 0.0981. The van der Waals surface area contributed by atoms with Gasteiger partial charge in [0.2, 0.25) is 0 Å². The summed E-state index contributed by atoms with van der Waals surface area (Å²) in [6.07, 6.45) is 1.54. The standard InChI is InChI=1S/C19H21N3O4S/c1-4-11-20-19(24)21-15-6-8-16(9-7-15)27(25,26)22-18(23)17-10-5-13(2)12-14(17)3/h4-10,12H,1,11H2,2-3H3,(H,22,23)(H2,20,21,24). The molecule has 0 spiro atoms. The van der Waals surface area contributed by atoms with Crippen LogP contribution in [0.25, 0.3) is 0 Å². The summed E-state index contributed by atoms with van der Waals surface area (Å²) in [6.45, 7) is 7.43. The normalized spacial score (nSPS) is 10.7. The SMILES string of the molecule is C=CCNC(=O)Nc1ccc(S(=O)(=O)NC(=O)c2ccc(C)cc2C)cc1. The van der Waals surface area contributed by atoms with Crippen LogP contribution in [0.2, 0.25) is 0 Å². The molecule has 2 aromatic carbocycles. The number of hydrogen-bond acceptors (Lipinski definition) is 4. The van der Waals surface area contributed by atoms with E-state index in [-0.39, 0.29) is 4.90 Å². The highest BCUT2D eigenvalue weighted by Crippen LogP contribution is 2.16. The Morgan fingerprint density at radius 3 is 2.33 bits per heavy atom. The number of benzene rings is 2. The third-order valence-corrected chi connectivity index (χ3v) is 5.03. The van der Waals surface area contributed by atoms with E-state index >= 15 is 0 Å². The van der Waals surface area contributed by atoms with Crippen molar-refractivity contribution < 1.29 is 18.0 Å². The Kier molecular flexibility index (Phi) is 6.36. The Bertz CT molecular complexity index is 967. The van der Waals surface area contributed by atoms with Gasteiger partial charge in [0.1, 0.15) is 0 Å². The Morgan fingerprint density at radius 2 is 1.74 bits per heavy atom. The molecule has 0 fully saturated rings. The largest absolute Gasteiger partial charge is 0.334 e. The van der Waals surface area contributed by atoms with Crippen LogP contribution in [0.4, 0.5) is 10.5 Å². The van der Waals surface area contributed by atoms with Gasteiger partial charge in [0.25, 0.3) is 15.9 Å². The van der Waals surface area contributed by atoms with Crippen molar-refractivity contribution in [1.29, 1.82) is 0 Å². The van der Waals surface area contributed by atoms with E-state index in [2.05, 4.69) is 21.9 Å². The van der Waals surface area contributed by atoms with Gasteiger partial charge in [0.15, 0.2) is 0 Å². The Balaban J connectivity index is 2.11. The second kappa shape index (κ2) is 8.50. The summed E-state index contributed by atoms with van der Waals surface area (Å²) in [5.41, 5.74) is 2.37. The van der Waals surface area contributed by atoms with Crippen LogP contribution in [-0.4, -0.2) is 26.9 Å². The van der Waals surface area contributed by atoms with Gasteiger partial charge >= 0.3 is 6.03 Å². The molecule has 0 atom stereocenters. The molecule has 0 saturated heterocycles. The molecule has 142 valence electrons. The number of carbonyl (C=O) groups is 2. The van der Waals surface area contributed by atoms with E-state index in [1.807, 2.05) is 6.92 Å². The fourth-order valence-corrected chi connectivity index (χ4v) is 3.33. The van der Waals surface area contributed by atoms with Crippen LogP contribution in [0.15, 0.2) is 60.0 Å². The summed E-state index contributed by atoms with van der Waals surface area (Å²) < 4.78 is 26.9. The Hall–Kier alpha value is -3.13. The number of nitrogens with one attached hydrogen (secondary N) is 3. The van der Waals surface area contributed by atoms with Crippen LogP contribution in [-0.2, 0) is 10.0 Å². The monoisotopic (exact) mass is 387 g/mol. The number of sulfonamides is 1. The number of rotatable bonds is 6. The van der Waals surface area contributed by atoms with E-state index < -0.39 is 22.0 Å². The number of aryl methyl sites for hydroxylation is 2. The van der Waals surface area contributed by atoms with Crippen molar-refractivity contribution in [1.82, 2.24) is 10.0 Å². The van der Waals surface area contributed by atoms with Crippen molar-refractivity contribution in [2.75, 3.05) is 11.9 Å². The number of amides is 3. The van der Waals surface area contributed by atoms with Crippen molar-refractivity contribution in [2.45, 2.75) is 18.7 Å². The van der Waals surface area contributed by atoms with Crippen molar-refractivity contribution in [3.63, 3.8) is 0 Å². The number of urea groups is 1. The zero-order valence-corrected chi connectivity index (χ0v) is 15.9. The van der Waals surface area contributed by atoms with Crippen LogP contribution in [0.5, 0.6) is 0 Å². The van der Waals surface area contributed by atoms with Gasteiger partial charge in [-0.05, 0) is 49.7 Å². The first kappa shape index (κ1) is 20.2. The summed E-state index contributed by atoms with van der Waals surface area (Å²) in [6, 6.07) is 10.2. The minimum atomic E-state index is -4.04. The predicted molar refractivity (Wildman–Crippen MR) is 104 cm³/mol. The molecule has 0 aliphatic carbocycles. The molecule has 0 radical (unpaired) electrons. The average Bonchev–Trinajstić information content (AvgIpc) is 2.60. The first-order chi connectivity index (χ1) is 12.7. The second-order valence-electron chi connectivity index (χ2n) is 5.90. The van der Waals surface area contributed by atoms with Crippen molar-refractivity contribution >= 4 is 27.6 Å². The molecule has 0 aliphatic rings. The third-order valence-electron chi connectivity index (χ3n) is 3.68. The lowest BCUT2D eigenvalue weighted by Crippen LogP contribution is -2.31. The van der Waals surface area contributed by atoms with Crippen molar-refractivity contribution in [3.8, 4) is 0 Å². The quantitative estimate of drug-likeness (QED) is 0.663. The maximum atomic E-state index is 12.4. The molecule has 3 N–H and O–H groups in total.